The number of hydrogen-bond acceptors (Lipinski definition) is 5. The van der Waals surface area contributed by atoms with Gasteiger partial charge in [-0.1, -0.05) is 17.7 Å². The van der Waals surface area contributed by atoms with E-state index >= 15 is 0 Å². The molecular formula is C20H24ClFN4O2. The largest absolute Gasteiger partial charge is 0.383 e. The van der Waals surface area contributed by atoms with Gasteiger partial charge >= 0.3 is 0 Å². The summed E-state index contributed by atoms with van der Waals surface area (Å²) in [5.74, 6) is 0.137. The van der Waals surface area contributed by atoms with E-state index in [-0.39, 0.29) is 27.4 Å². The topological polar surface area (TPSA) is 73.4 Å². The van der Waals surface area contributed by atoms with Gasteiger partial charge in [-0.15, -0.1) is 0 Å². The van der Waals surface area contributed by atoms with E-state index in [0.717, 1.165) is 39.0 Å². The van der Waals surface area contributed by atoms with Gasteiger partial charge in [-0.2, -0.15) is 4.98 Å². The van der Waals surface area contributed by atoms with E-state index in [1.165, 1.54) is 22.8 Å². The fourth-order valence-corrected chi connectivity index (χ4v) is 4.57. The molecule has 2 aliphatic heterocycles. The molecule has 150 valence electrons. The molecule has 0 saturated carbocycles. The highest BCUT2D eigenvalue weighted by Gasteiger charge is 2.41. The van der Waals surface area contributed by atoms with E-state index < -0.39 is 5.82 Å². The van der Waals surface area contributed by atoms with Crippen LogP contribution in [0, 0.1) is 11.2 Å². The predicted octanol–water partition coefficient (Wildman–Crippen LogP) is 3.22. The van der Waals surface area contributed by atoms with Gasteiger partial charge < -0.3 is 15.4 Å². The van der Waals surface area contributed by atoms with Gasteiger partial charge in [0.05, 0.1) is 23.3 Å². The zero-order valence-electron chi connectivity index (χ0n) is 16.0. The van der Waals surface area contributed by atoms with Gasteiger partial charge in [0.2, 0.25) is 5.95 Å². The van der Waals surface area contributed by atoms with Crippen molar-refractivity contribution >= 4 is 23.4 Å². The summed E-state index contributed by atoms with van der Waals surface area (Å²) in [5, 5.41) is -0.0580. The van der Waals surface area contributed by atoms with Gasteiger partial charge in [-0.05, 0) is 49.3 Å². The third-order valence-corrected chi connectivity index (χ3v) is 6.29. The van der Waals surface area contributed by atoms with Gasteiger partial charge in [-0.3, -0.25) is 9.36 Å². The lowest BCUT2D eigenvalue weighted by atomic mass is 9.77. The highest BCUT2D eigenvalue weighted by atomic mass is 35.5. The van der Waals surface area contributed by atoms with Crippen LogP contribution < -0.4 is 16.2 Å². The van der Waals surface area contributed by atoms with Crippen molar-refractivity contribution in [3.05, 3.63) is 39.4 Å². The Bertz CT molecular complexity index is 969. The van der Waals surface area contributed by atoms with Crippen LogP contribution in [-0.4, -0.2) is 35.4 Å². The minimum absolute atomic E-state index is 0.0580. The minimum atomic E-state index is -0.544. The van der Waals surface area contributed by atoms with E-state index in [1.54, 1.807) is 7.05 Å². The molecule has 0 aliphatic carbocycles. The quantitative estimate of drug-likeness (QED) is 0.828. The van der Waals surface area contributed by atoms with Crippen LogP contribution in [0.2, 0.25) is 5.02 Å². The van der Waals surface area contributed by atoms with Gasteiger partial charge in [0.25, 0.3) is 5.56 Å². The molecule has 4 rings (SSSR count). The summed E-state index contributed by atoms with van der Waals surface area (Å²) >= 11 is 5.87. The van der Waals surface area contributed by atoms with Crippen molar-refractivity contribution in [2.24, 2.45) is 12.5 Å². The Hall–Kier alpha value is -2.12. The molecule has 1 aromatic heterocycles. The fraction of sp³-hybridized carbons (Fsp3) is 0.500. The van der Waals surface area contributed by atoms with Crippen molar-refractivity contribution in [3.63, 3.8) is 0 Å². The molecule has 2 aromatic rings. The van der Waals surface area contributed by atoms with Crippen molar-refractivity contribution in [3.8, 4) is 11.1 Å². The molecule has 0 amide bonds. The predicted molar refractivity (Wildman–Crippen MR) is 108 cm³/mol. The van der Waals surface area contributed by atoms with Crippen molar-refractivity contribution in [2.75, 3.05) is 30.3 Å². The second kappa shape index (κ2) is 7.04. The number of nitrogens with zero attached hydrogens (tertiary/aromatic N) is 3. The number of halogens is 2. The number of benzene rings is 1. The van der Waals surface area contributed by atoms with Crippen molar-refractivity contribution in [1.29, 1.82) is 0 Å². The Morgan fingerprint density at radius 3 is 2.68 bits per heavy atom. The molecule has 1 aromatic carbocycles. The third-order valence-electron chi connectivity index (χ3n) is 6.00. The molecule has 2 fully saturated rings. The summed E-state index contributed by atoms with van der Waals surface area (Å²) in [7, 11) is 1.68. The Morgan fingerprint density at radius 2 is 2.07 bits per heavy atom. The average Bonchev–Trinajstić information content (AvgIpc) is 3.02. The van der Waals surface area contributed by atoms with Gasteiger partial charge in [0, 0.05) is 20.1 Å². The highest BCUT2D eigenvalue weighted by molar-refractivity contribution is 6.31. The van der Waals surface area contributed by atoms with Crippen LogP contribution in [-0.2, 0) is 11.8 Å². The van der Waals surface area contributed by atoms with Crippen LogP contribution in [0.25, 0.3) is 11.1 Å². The summed E-state index contributed by atoms with van der Waals surface area (Å²) < 4.78 is 20.8. The molecule has 2 N–H and O–H groups in total. The number of piperidine rings is 1. The van der Waals surface area contributed by atoms with E-state index in [4.69, 9.17) is 22.1 Å². The Labute approximate surface area is 168 Å². The molecule has 28 heavy (non-hydrogen) atoms. The van der Waals surface area contributed by atoms with Crippen LogP contribution in [0.4, 0.5) is 16.2 Å². The molecule has 1 atom stereocenters. The number of aromatic nitrogens is 2. The van der Waals surface area contributed by atoms with Crippen LogP contribution in [0.3, 0.4) is 0 Å². The van der Waals surface area contributed by atoms with Crippen LogP contribution in [0.5, 0.6) is 0 Å². The summed E-state index contributed by atoms with van der Waals surface area (Å²) in [6.45, 7) is 4.53. The van der Waals surface area contributed by atoms with Crippen LogP contribution >= 0.6 is 11.6 Å². The lowest BCUT2D eigenvalue weighted by Gasteiger charge is -2.39. The van der Waals surface area contributed by atoms with Gasteiger partial charge in [0.15, 0.2) is 0 Å². The van der Waals surface area contributed by atoms with Crippen molar-refractivity contribution < 1.29 is 9.13 Å². The van der Waals surface area contributed by atoms with E-state index in [9.17, 15) is 9.18 Å². The monoisotopic (exact) mass is 406 g/mol. The van der Waals surface area contributed by atoms with Crippen molar-refractivity contribution in [1.82, 2.24) is 9.55 Å². The summed E-state index contributed by atoms with van der Waals surface area (Å²) in [6, 6.07) is 4.11. The molecular weight excluding hydrogens is 383 g/mol. The first-order valence-corrected chi connectivity index (χ1v) is 9.86. The lowest BCUT2D eigenvalue weighted by molar-refractivity contribution is 0.0974. The first-order valence-electron chi connectivity index (χ1n) is 9.48. The zero-order valence-corrected chi connectivity index (χ0v) is 16.8. The summed E-state index contributed by atoms with van der Waals surface area (Å²) in [4.78, 5) is 19.6. The van der Waals surface area contributed by atoms with Crippen LogP contribution in [0.15, 0.2) is 23.0 Å². The maximum absolute atomic E-state index is 13.5. The highest BCUT2D eigenvalue weighted by Crippen LogP contribution is 2.42. The first kappa shape index (κ1) is 19.2. The first-order chi connectivity index (χ1) is 13.3. The minimum Gasteiger partial charge on any atom is -0.383 e. The molecule has 3 heterocycles. The number of hydrogen-bond donors (Lipinski definition) is 1. The number of nitrogen functional groups attached to an aromatic ring is 1. The standard InChI is InChI=1S/C20H24ClFN4O2/c1-12-10-20(11-28-12)5-7-26(8-6-20)19-24-17(23)16(18(27)25(19)2)13-3-4-15(22)14(21)9-13/h3-4,9,12H,5-8,10-11,23H2,1-2H3/t12-/m0/s1. The zero-order chi connectivity index (χ0) is 20.1. The number of nitrogens with two attached hydrogens (primary N) is 1. The maximum atomic E-state index is 13.5. The second-order valence-electron chi connectivity index (χ2n) is 7.98. The molecule has 0 radical (unpaired) electrons. The van der Waals surface area contributed by atoms with E-state index in [2.05, 4.69) is 16.8 Å². The SMILES string of the molecule is C[C@H]1CC2(CCN(c3nc(N)c(-c4ccc(F)c(Cl)c4)c(=O)n3C)CC2)CO1. The number of rotatable bonds is 2. The van der Waals surface area contributed by atoms with Crippen molar-refractivity contribution in [2.45, 2.75) is 32.3 Å². The molecule has 0 unspecified atom stereocenters. The molecule has 6 nitrogen and oxygen atoms in total. The Balaban J connectivity index is 1.63. The Morgan fingerprint density at radius 1 is 1.36 bits per heavy atom. The molecule has 2 saturated heterocycles. The second-order valence-corrected chi connectivity index (χ2v) is 8.39. The molecule has 2 aliphatic rings. The molecule has 1 spiro atoms. The lowest BCUT2D eigenvalue weighted by Crippen LogP contribution is -2.43. The fourth-order valence-electron chi connectivity index (χ4n) is 4.39. The van der Waals surface area contributed by atoms with Gasteiger partial charge in [0.1, 0.15) is 11.6 Å². The average molecular weight is 407 g/mol. The maximum Gasteiger partial charge on any atom is 0.264 e. The van der Waals surface area contributed by atoms with Crippen LogP contribution in [0.1, 0.15) is 26.2 Å². The van der Waals surface area contributed by atoms with Gasteiger partial charge in [-0.25, -0.2) is 4.39 Å². The summed E-state index contributed by atoms with van der Waals surface area (Å²) in [6.07, 6.45) is 3.40. The summed E-state index contributed by atoms with van der Waals surface area (Å²) in [5.41, 5.74) is 6.80. The third kappa shape index (κ3) is 3.26. The molecule has 8 heteroatoms. The van der Waals surface area contributed by atoms with E-state index in [0.29, 0.717) is 17.6 Å². The normalized spacial score (nSPS) is 21.4. The number of anilines is 2. The molecule has 0 bridgehead atoms. The van der Waals surface area contributed by atoms with E-state index in [1.807, 2.05) is 0 Å². The Kier molecular flexibility index (Phi) is 4.83. The number of ether oxygens (including phenoxy) is 1. The smallest absolute Gasteiger partial charge is 0.264 e.